The van der Waals surface area contributed by atoms with Gasteiger partial charge in [-0.25, -0.2) is 0 Å². The zero-order valence-corrected chi connectivity index (χ0v) is 22.6. The summed E-state index contributed by atoms with van der Waals surface area (Å²) in [6.45, 7) is 19.3. The molecule has 0 bridgehead atoms. The Kier molecular flexibility index (Phi) is 8.98. The van der Waals surface area contributed by atoms with Crippen molar-refractivity contribution in [3.8, 4) is 0 Å². The monoisotopic (exact) mass is 579 g/mol. The van der Waals surface area contributed by atoms with Crippen LogP contribution in [0.25, 0.3) is 0 Å². The number of allylic oxidation sites excluding steroid dienone is 5. The second kappa shape index (κ2) is 9.62. The molecular weight excluding hydrogens is 539 g/mol. The van der Waals surface area contributed by atoms with Crippen LogP contribution in [0.1, 0.15) is 34.1 Å². The average molecular weight is 580 g/mol. The van der Waals surface area contributed by atoms with E-state index in [1.165, 1.54) is 10.8 Å². The van der Waals surface area contributed by atoms with Crippen LogP contribution < -0.4 is 0 Å². The molecule has 0 amide bonds. The van der Waals surface area contributed by atoms with E-state index in [2.05, 4.69) is 48.6 Å². The Morgan fingerprint density at radius 1 is 1.00 bits per heavy atom. The van der Waals surface area contributed by atoms with Gasteiger partial charge in [0, 0.05) is 0 Å². The molecule has 156 valence electrons. The van der Waals surface area contributed by atoms with Gasteiger partial charge in [0.15, 0.2) is 0 Å². The Morgan fingerprint density at radius 2 is 1.46 bits per heavy atom. The molecule has 0 aromatic rings. The van der Waals surface area contributed by atoms with E-state index in [1.807, 2.05) is 20.8 Å². The SMILES string of the molecule is C=CC[Si](C)(C)C1=[C]([Pt]([CH3])([CH3])[CH3])CC([Si](OCC)(OCC)OCC)=C1C. The molecule has 0 aliphatic heterocycles. The molecule has 0 unspecified atom stereocenters. The number of hydrogen-bond acceptors (Lipinski definition) is 3. The first-order valence-electron chi connectivity index (χ1n) is 9.33. The molecule has 3 nitrogen and oxygen atoms in total. The second-order valence-corrected chi connectivity index (χ2v) is 26.5. The van der Waals surface area contributed by atoms with E-state index >= 15 is 0 Å². The zero-order chi connectivity index (χ0) is 20.2. The van der Waals surface area contributed by atoms with E-state index in [1.54, 1.807) is 9.16 Å². The minimum atomic E-state index is -2.83. The van der Waals surface area contributed by atoms with Crippen molar-refractivity contribution in [2.45, 2.75) is 69.2 Å². The molecule has 6 heteroatoms. The van der Waals surface area contributed by atoms with Gasteiger partial charge in [0.2, 0.25) is 0 Å². The molecule has 26 heavy (non-hydrogen) atoms. The van der Waals surface area contributed by atoms with Gasteiger partial charge in [-0.15, -0.1) is 0 Å². The van der Waals surface area contributed by atoms with Crippen LogP contribution in [0.4, 0.5) is 0 Å². The summed E-state index contributed by atoms with van der Waals surface area (Å²) in [6, 6.07) is 1.11. The summed E-state index contributed by atoms with van der Waals surface area (Å²) >= 11 is -1.94. The van der Waals surface area contributed by atoms with Gasteiger partial charge in [-0.2, -0.15) is 0 Å². The van der Waals surface area contributed by atoms with Crippen LogP contribution in [-0.2, 0) is 29.3 Å². The molecule has 0 fully saturated rings. The third-order valence-electron chi connectivity index (χ3n) is 4.68. The van der Waals surface area contributed by atoms with Gasteiger partial charge in [0.1, 0.15) is 0 Å². The third kappa shape index (κ3) is 5.18. The number of hydrogen-bond donors (Lipinski definition) is 0. The predicted molar refractivity (Wildman–Crippen MR) is 115 cm³/mol. The molecule has 1 aliphatic rings. The number of rotatable bonds is 11. The maximum atomic E-state index is 6.27. The summed E-state index contributed by atoms with van der Waals surface area (Å²) in [5.74, 6) is 0. The Morgan fingerprint density at radius 3 is 1.81 bits per heavy atom. The maximum absolute atomic E-state index is 6.27. The molecule has 0 saturated carbocycles. The fourth-order valence-corrected chi connectivity index (χ4v) is 18.0. The summed E-state index contributed by atoms with van der Waals surface area (Å²) in [7, 11) is -4.42. The minimum absolute atomic E-state index is 0.623. The average Bonchev–Trinajstić information content (AvgIpc) is 2.87. The van der Waals surface area contributed by atoms with Crippen molar-refractivity contribution in [3.05, 3.63) is 32.6 Å². The van der Waals surface area contributed by atoms with E-state index in [-0.39, 0.29) is 0 Å². The predicted octanol–water partition coefficient (Wildman–Crippen LogP) is 6.28. The quantitative estimate of drug-likeness (QED) is 0.213. The normalized spacial score (nSPS) is 17.3. The first-order valence-corrected chi connectivity index (χ1v) is 22.2. The summed E-state index contributed by atoms with van der Waals surface area (Å²) in [4.78, 5) is 0. The first kappa shape index (κ1) is 24.3. The van der Waals surface area contributed by atoms with Gasteiger partial charge in [-0.3, -0.25) is 0 Å². The van der Waals surface area contributed by atoms with Crippen LogP contribution >= 0.6 is 0 Å². The molecule has 0 spiro atoms. The third-order valence-corrected chi connectivity index (χ3v) is 16.9. The summed E-state index contributed by atoms with van der Waals surface area (Å²) in [5, 5.41) is 10.5. The Labute approximate surface area is 167 Å². The van der Waals surface area contributed by atoms with E-state index < -0.39 is 32.9 Å². The molecule has 0 saturated heterocycles. The molecule has 1 rings (SSSR count). The fourth-order valence-electron chi connectivity index (χ4n) is 3.72. The molecular formula is C20H40O3PtSi2. The summed E-state index contributed by atoms with van der Waals surface area (Å²) in [6.07, 6.45) is 3.11. The first-order chi connectivity index (χ1) is 12.0. The summed E-state index contributed by atoms with van der Waals surface area (Å²) in [5.41, 5.74) is 1.42. The molecule has 0 aromatic heterocycles. The van der Waals surface area contributed by atoms with Crippen molar-refractivity contribution in [2.24, 2.45) is 0 Å². The van der Waals surface area contributed by atoms with Gasteiger partial charge in [0.25, 0.3) is 0 Å². The van der Waals surface area contributed by atoms with Gasteiger partial charge in [-0.05, 0) is 0 Å². The van der Waals surface area contributed by atoms with Gasteiger partial charge < -0.3 is 0 Å². The van der Waals surface area contributed by atoms with E-state index in [9.17, 15) is 0 Å². The van der Waals surface area contributed by atoms with Crippen LogP contribution in [0.5, 0.6) is 0 Å². The zero-order valence-electron chi connectivity index (χ0n) is 18.4. The topological polar surface area (TPSA) is 27.7 Å². The van der Waals surface area contributed by atoms with Crippen LogP contribution in [0, 0.1) is 0 Å². The summed E-state index contributed by atoms with van der Waals surface area (Å²) < 4.78 is 20.5. The molecule has 0 heterocycles. The van der Waals surface area contributed by atoms with Crippen molar-refractivity contribution in [2.75, 3.05) is 19.8 Å². The van der Waals surface area contributed by atoms with Crippen LogP contribution in [-0.4, -0.2) is 36.7 Å². The Bertz CT molecular complexity index is 557. The van der Waals surface area contributed by atoms with E-state index in [4.69, 9.17) is 13.3 Å². The standard InChI is InChI=1S/C17H31O3Si2.3CH3.Pt/c1-8-14-21(6,7)16-12-13-17(15(16)5)22(18-9-2,19-10-3)20-11-4;;;;/h8H,1,9-11,13-14H2,2-7H3;3*1H3;. The molecule has 1 aliphatic carbocycles. The van der Waals surface area contributed by atoms with E-state index in [0.29, 0.717) is 19.8 Å². The second-order valence-electron chi connectivity index (χ2n) is 7.68. The van der Waals surface area contributed by atoms with Crippen molar-refractivity contribution in [1.29, 1.82) is 0 Å². The van der Waals surface area contributed by atoms with Crippen molar-refractivity contribution >= 4 is 16.9 Å². The van der Waals surface area contributed by atoms with Crippen molar-refractivity contribution in [1.82, 2.24) is 0 Å². The Hall–Kier alpha value is 0.222. The fraction of sp³-hybridized carbons (Fsp3) is 0.700. The van der Waals surface area contributed by atoms with Gasteiger partial charge >= 0.3 is 168 Å². The van der Waals surface area contributed by atoms with E-state index in [0.717, 1.165) is 12.5 Å². The molecule has 0 N–H and O–H groups in total. The molecule has 0 atom stereocenters. The van der Waals surface area contributed by atoms with Gasteiger partial charge in [-0.1, -0.05) is 0 Å². The van der Waals surface area contributed by atoms with Crippen LogP contribution in [0.15, 0.2) is 32.6 Å². The Balaban J connectivity index is 3.59. The van der Waals surface area contributed by atoms with Crippen molar-refractivity contribution < 1.29 is 29.3 Å². The van der Waals surface area contributed by atoms with Gasteiger partial charge in [0.05, 0.1) is 0 Å². The van der Waals surface area contributed by atoms with Crippen LogP contribution in [0.3, 0.4) is 0 Å². The molecule has 0 radical (unpaired) electrons. The van der Waals surface area contributed by atoms with Crippen LogP contribution in [0.2, 0.25) is 35.1 Å². The molecule has 0 aromatic carbocycles. The van der Waals surface area contributed by atoms with Crippen molar-refractivity contribution in [3.63, 3.8) is 0 Å².